The predicted molar refractivity (Wildman–Crippen MR) is 67.3 cm³/mol. The van der Waals surface area contributed by atoms with Crippen molar-refractivity contribution < 1.29 is 4.79 Å². The first kappa shape index (κ1) is 12.1. The minimum Gasteiger partial charge on any atom is -0.298 e. The third-order valence-electron chi connectivity index (χ3n) is 2.57. The van der Waals surface area contributed by atoms with E-state index in [9.17, 15) is 14.4 Å². The maximum atomic E-state index is 12.0. The number of aromatic amines is 1. The SMILES string of the molecule is CCn1c(=O)[nH]c2sc(C(=O)Cl)c(C)c2c1=O. The van der Waals surface area contributed by atoms with Crippen molar-refractivity contribution in [1.82, 2.24) is 9.55 Å². The van der Waals surface area contributed by atoms with Gasteiger partial charge in [-0.15, -0.1) is 11.3 Å². The quantitative estimate of drug-likeness (QED) is 0.841. The van der Waals surface area contributed by atoms with E-state index >= 15 is 0 Å². The first-order chi connectivity index (χ1) is 7.97. The standard InChI is InChI=1S/C10H9ClN2O3S/c1-3-13-9(15)5-4(2)6(7(11)14)17-8(5)12-10(13)16/h3H2,1-2H3,(H,12,16). The summed E-state index contributed by atoms with van der Waals surface area (Å²) in [6, 6.07) is 0. The highest BCUT2D eigenvalue weighted by Crippen LogP contribution is 2.27. The van der Waals surface area contributed by atoms with Gasteiger partial charge in [-0.1, -0.05) is 0 Å². The van der Waals surface area contributed by atoms with Gasteiger partial charge in [-0.25, -0.2) is 4.79 Å². The number of carbonyl (C=O) groups is 1. The van der Waals surface area contributed by atoms with Gasteiger partial charge in [0.05, 0.1) is 10.3 Å². The van der Waals surface area contributed by atoms with Crippen molar-refractivity contribution in [2.45, 2.75) is 20.4 Å². The molecular formula is C10H9ClN2O3S. The van der Waals surface area contributed by atoms with Crippen LogP contribution < -0.4 is 11.2 Å². The Bertz CT molecular complexity index is 725. The Labute approximate surface area is 105 Å². The van der Waals surface area contributed by atoms with Crippen LogP contribution in [0.3, 0.4) is 0 Å². The minimum absolute atomic E-state index is 0.281. The number of nitrogens with one attached hydrogen (secondary N) is 1. The van der Waals surface area contributed by atoms with E-state index in [1.165, 1.54) is 0 Å². The second-order valence-electron chi connectivity index (χ2n) is 3.51. The molecule has 0 amide bonds. The number of fused-ring (bicyclic) bond motifs is 1. The van der Waals surface area contributed by atoms with Gasteiger partial charge < -0.3 is 0 Å². The van der Waals surface area contributed by atoms with Crippen molar-refractivity contribution in [3.8, 4) is 0 Å². The van der Waals surface area contributed by atoms with Crippen LogP contribution >= 0.6 is 22.9 Å². The molecule has 5 nitrogen and oxygen atoms in total. The van der Waals surface area contributed by atoms with Gasteiger partial charge in [0.25, 0.3) is 10.8 Å². The van der Waals surface area contributed by atoms with Crippen LogP contribution in [0.2, 0.25) is 0 Å². The maximum absolute atomic E-state index is 12.0. The van der Waals surface area contributed by atoms with E-state index in [-0.39, 0.29) is 12.1 Å². The molecule has 2 aromatic rings. The second-order valence-corrected chi connectivity index (χ2v) is 4.88. The van der Waals surface area contributed by atoms with Crippen LogP contribution in [0.5, 0.6) is 0 Å². The molecule has 0 aliphatic carbocycles. The molecule has 2 rings (SSSR count). The predicted octanol–water partition coefficient (Wildman–Crippen LogP) is 1.46. The van der Waals surface area contributed by atoms with Crippen molar-refractivity contribution in [2.24, 2.45) is 0 Å². The molecule has 7 heteroatoms. The summed E-state index contributed by atoms with van der Waals surface area (Å²) >= 11 is 6.45. The van der Waals surface area contributed by atoms with Crippen LogP contribution in [0, 0.1) is 6.92 Å². The number of rotatable bonds is 2. The molecule has 0 unspecified atom stereocenters. The summed E-state index contributed by atoms with van der Waals surface area (Å²) < 4.78 is 1.09. The Morgan fingerprint density at radius 1 is 1.47 bits per heavy atom. The number of halogens is 1. The van der Waals surface area contributed by atoms with E-state index in [0.29, 0.717) is 20.7 Å². The smallest absolute Gasteiger partial charge is 0.298 e. The number of hydrogen-bond donors (Lipinski definition) is 1. The van der Waals surface area contributed by atoms with Crippen molar-refractivity contribution in [3.63, 3.8) is 0 Å². The summed E-state index contributed by atoms with van der Waals surface area (Å²) in [5, 5.41) is -0.257. The summed E-state index contributed by atoms with van der Waals surface area (Å²) in [6.07, 6.45) is 0. The fraction of sp³-hybridized carbons (Fsp3) is 0.300. The Morgan fingerprint density at radius 2 is 2.12 bits per heavy atom. The van der Waals surface area contributed by atoms with Gasteiger partial charge in [0, 0.05) is 6.54 Å². The van der Waals surface area contributed by atoms with Crippen LogP contribution in [-0.4, -0.2) is 14.8 Å². The van der Waals surface area contributed by atoms with Crippen molar-refractivity contribution >= 4 is 38.4 Å². The largest absolute Gasteiger partial charge is 0.329 e. The van der Waals surface area contributed by atoms with Crippen LogP contribution in [-0.2, 0) is 6.54 Å². The van der Waals surface area contributed by atoms with E-state index in [2.05, 4.69) is 4.98 Å². The Balaban J connectivity index is 3.00. The molecule has 0 radical (unpaired) electrons. The highest BCUT2D eigenvalue weighted by atomic mass is 35.5. The van der Waals surface area contributed by atoms with Gasteiger partial charge >= 0.3 is 5.69 Å². The van der Waals surface area contributed by atoms with Gasteiger partial charge in [0.2, 0.25) is 0 Å². The highest BCUT2D eigenvalue weighted by molar-refractivity contribution is 7.22. The molecule has 2 heterocycles. The molecule has 0 atom stereocenters. The van der Waals surface area contributed by atoms with Gasteiger partial charge in [-0.05, 0) is 31.0 Å². The summed E-state index contributed by atoms with van der Waals surface area (Å²) in [7, 11) is 0. The molecule has 0 aliphatic rings. The number of aryl methyl sites for hydroxylation is 1. The monoisotopic (exact) mass is 272 g/mol. The Morgan fingerprint density at radius 3 is 2.65 bits per heavy atom. The van der Waals surface area contributed by atoms with E-state index in [1.54, 1.807) is 13.8 Å². The fourth-order valence-electron chi connectivity index (χ4n) is 1.73. The van der Waals surface area contributed by atoms with E-state index < -0.39 is 10.9 Å². The van der Waals surface area contributed by atoms with Crippen LogP contribution in [0.1, 0.15) is 22.2 Å². The molecule has 90 valence electrons. The first-order valence-electron chi connectivity index (χ1n) is 4.93. The maximum Gasteiger partial charge on any atom is 0.329 e. The van der Waals surface area contributed by atoms with E-state index in [0.717, 1.165) is 15.9 Å². The number of H-pyrrole nitrogens is 1. The summed E-state index contributed by atoms with van der Waals surface area (Å²) in [5.41, 5.74) is -0.336. The van der Waals surface area contributed by atoms with Crippen LogP contribution in [0.15, 0.2) is 9.59 Å². The Kier molecular flexibility index (Phi) is 2.92. The molecule has 17 heavy (non-hydrogen) atoms. The van der Waals surface area contributed by atoms with Crippen molar-refractivity contribution in [2.75, 3.05) is 0 Å². The van der Waals surface area contributed by atoms with Gasteiger partial charge in [-0.3, -0.25) is 19.1 Å². The lowest BCUT2D eigenvalue weighted by Gasteiger charge is -1.99. The molecule has 0 bridgehead atoms. The lowest BCUT2D eigenvalue weighted by Crippen LogP contribution is -2.34. The summed E-state index contributed by atoms with van der Waals surface area (Å²) in [4.78, 5) is 38.0. The molecule has 0 fully saturated rings. The molecule has 1 N–H and O–H groups in total. The third kappa shape index (κ3) is 1.73. The third-order valence-corrected chi connectivity index (χ3v) is 4.07. The zero-order valence-corrected chi connectivity index (χ0v) is 10.7. The number of thiophene rings is 1. The zero-order valence-electron chi connectivity index (χ0n) is 9.17. The molecule has 2 aromatic heterocycles. The normalized spacial score (nSPS) is 11.0. The first-order valence-corrected chi connectivity index (χ1v) is 6.12. The molecule has 0 saturated carbocycles. The lowest BCUT2D eigenvalue weighted by atomic mass is 10.2. The highest BCUT2D eigenvalue weighted by Gasteiger charge is 2.18. The van der Waals surface area contributed by atoms with E-state index in [4.69, 9.17) is 11.6 Å². The van der Waals surface area contributed by atoms with Gasteiger partial charge in [0.15, 0.2) is 0 Å². The number of hydrogen-bond acceptors (Lipinski definition) is 4. The van der Waals surface area contributed by atoms with Crippen molar-refractivity contribution in [3.05, 3.63) is 31.3 Å². The second kappa shape index (κ2) is 4.12. The average Bonchev–Trinajstić information content (AvgIpc) is 2.56. The minimum atomic E-state index is -0.619. The molecule has 0 aliphatic heterocycles. The van der Waals surface area contributed by atoms with Gasteiger partial charge in [-0.2, -0.15) is 0 Å². The van der Waals surface area contributed by atoms with E-state index in [1.807, 2.05) is 0 Å². The van der Waals surface area contributed by atoms with Crippen molar-refractivity contribution in [1.29, 1.82) is 0 Å². The van der Waals surface area contributed by atoms with Crippen LogP contribution in [0.4, 0.5) is 0 Å². The molecule has 0 aromatic carbocycles. The summed E-state index contributed by atoms with van der Waals surface area (Å²) in [5.74, 6) is 0. The zero-order chi connectivity index (χ0) is 12.7. The average molecular weight is 273 g/mol. The molecular weight excluding hydrogens is 264 g/mol. The topological polar surface area (TPSA) is 71.9 Å². The van der Waals surface area contributed by atoms with Crippen LogP contribution in [0.25, 0.3) is 10.2 Å². The Hall–Kier alpha value is -1.40. The number of nitrogens with zero attached hydrogens (tertiary/aromatic N) is 1. The molecule has 0 saturated heterocycles. The fourth-order valence-corrected chi connectivity index (χ4v) is 3.00. The molecule has 0 spiro atoms. The lowest BCUT2D eigenvalue weighted by molar-refractivity contribution is 0.108. The number of aromatic nitrogens is 2. The number of carbonyl (C=O) groups excluding carboxylic acids is 1. The van der Waals surface area contributed by atoms with Gasteiger partial charge in [0.1, 0.15) is 4.83 Å². The summed E-state index contributed by atoms with van der Waals surface area (Å²) in [6.45, 7) is 3.63.